The average molecular weight is 453 g/mol. The Kier molecular flexibility index (Phi) is 8.02. The molecule has 0 aliphatic carbocycles. The van der Waals surface area contributed by atoms with E-state index >= 15 is 0 Å². The second-order valence-corrected chi connectivity index (χ2v) is 7.50. The highest BCUT2D eigenvalue weighted by molar-refractivity contribution is 6.30. The third kappa shape index (κ3) is 6.44. The number of benzene rings is 2. The van der Waals surface area contributed by atoms with Crippen molar-refractivity contribution in [1.29, 1.82) is 0 Å². The van der Waals surface area contributed by atoms with Gasteiger partial charge < -0.3 is 31.4 Å². The van der Waals surface area contributed by atoms with Crippen molar-refractivity contribution in [2.75, 3.05) is 21.1 Å². The summed E-state index contributed by atoms with van der Waals surface area (Å²) in [6, 6.07) is 6.53. The van der Waals surface area contributed by atoms with E-state index < -0.39 is 39.7 Å². The van der Waals surface area contributed by atoms with Crippen LogP contribution in [0.25, 0.3) is 0 Å². The number of nitrogens with zero attached hydrogens (tertiary/aromatic N) is 2. The van der Waals surface area contributed by atoms with E-state index in [2.05, 4.69) is 10.6 Å². The van der Waals surface area contributed by atoms with Crippen molar-refractivity contribution in [3.63, 3.8) is 0 Å². The first-order valence-electron chi connectivity index (χ1n) is 9.06. The summed E-state index contributed by atoms with van der Waals surface area (Å²) in [5.41, 5.74) is -1.51. The van der Waals surface area contributed by atoms with Crippen LogP contribution in [0.5, 0.6) is 0 Å². The highest BCUT2D eigenvalue weighted by atomic mass is 35.5. The van der Waals surface area contributed by atoms with Crippen LogP contribution in [-0.4, -0.2) is 33.4 Å². The van der Waals surface area contributed by atoms with Crippen molar-refractivity contribution in [2.24, 2.45) is 5.92 Å². The lowest BCUT2D eigenvalue weighted by atomic mass is 10.0. The predicted molar refractivity (Wildman–Crippen MR) is 116 cm³/mol. The summed E-state index contributed by atoms with van der Waals surface area (Å²) in [6.45, 7) is 3.57. The van der Waals surface area contributed by atoms with Gasteiger partial charge in [0.1, 0.15) is 11.7 Å². The van der Waals surface area contributed by atoms with E-state index in [1.54, 1.807) is 13.8 Å². The van der Waals surface area contributed by atoms with Gasteiger partial charge in [-0.15, -0.1) is 5.23 Å². The van der Waals surface area contributed by atoms with Crippen molar-refractivity contribution in [2.45, 2.75) is 26.3 Å². The number of amides is 1. The molecule has 1 amide bonds. The van der Waals surface area contributed by atoms with E-state index in [0.717, 1.165) is 12.1 Å². The molecule has 0 radical (unpaired) electrons. The highest BCUT2D eigenvalue weighted by Crippen LogP contribution is 2.35. The Balaban J connectivity index is 2.57. The van der Waals surface area contributed by atoms with E-state index in [9.17, 15) is 35.5 Å². The lowest BCUT2D eigenvalue weighted by Gasteiger charge is -2.38. The molecule has 0 saturated heterocycles. The van der Waals surface area contributed by atoms with Gasteiger partial charge in [-0.3, -0.25) is 15.2 Å². The molecule has 2 aromatic carbocycles. The molecule has 31 heavy (non-hydrogen) atoms. The minimum Gasteiger partial charge on any atom is -0.769 e. The van der Waals surface area contributed by atoms with Gasteiger partial charge in [0, 0.05) is 16.4 Å². The van der Waals surface area contributed by atoms with Crippen LogP contribution in [0.2, 0.25) is 5.02 Å². The molecule has 0 saturated carbocycles. The quantitative estimate of drug-likeness (QED) is 0.351. The Hall–Kier alpha value is -3.09. The van der Waals surface area contributed by atoms with Gasteiger partial charge in [0.25, 0.3) is 5.91 Å². The fourth-order valence-electron chi connectivity index (χ4n) is 2.80. The molecule has 2 rings (SSSR count). The largest absolute Gasteiger partial charge is 0.769 e. The molecule has 0 aromatic heterocycles. The Labute approximate surface area is 182 Å². The minimum absolute atomic E-state index is 0.0548. The molecule has 0 aliphatic heterocycles. The second-order valence-electron chi connectivity index (χ2n) is 7.06. The second kappa shape index (κ2) is 10.3. The topological polar surface area (TPSA) is 171 Å². The molecule has 1 unspecified atom stereocenters. The molecule has 168 valence electrons. The third-order valence-corrected chi connectivity index (χ3v) is 4.45. The number of carboxylic acids is 1. The average Bonchev–Trinajstić information content (AvgIpc) is 2.68. The number of aliphatic carboxylic acids is 1. The summed E-state index contributed by atoms with van der Waals surface area (Å²) in [4.78, 5) is 24.6. The van der Waals surface area contributed by atoms with E-state index in [4.69, 9.17) is 11.6 Å². The number of nitrogens with one attached hydrogen (secondary N) is 2. The maximum atomic E-state index is 12.9. The minimum atomic E-state index is -1.25. The molecule has 2 aromatic rings. The van der Waals surface area contributed by atoms with Crippen LogP contribution >= 0.6 is 11.6 Å². The van der Waals surface area contributed by atoms with Gasteiger partial charge in [0.15, 0.2) is 0 Å². The summed E-state index contributed by atoms with van der Waals surface area (Å²) in [5.74, 6) is -2.14. The molecule has 0 bridgehead atoms. The number of rotatable bonds is 9. The van der Waals surface area contributed by atoms with Crippen molar-refractivity contribution >= 4 is 46.2 Å². The molecule has 11 nitrogen and oxygen atoms in total. The number of carbonyl (C=O) groups is 2. The van der Waals surface area contributed by atoms with Gasteiger partial charge in [-0.25, -0.2) is 4.79 Å². The summed E-state index contributed by atoms with van der Waals surface area (Å²) in [7, 11) is 0. The third-order valence-electron chi connectivity index (χ3n) is 4.20. The highest BCUT2D eigenvalue weighted by Gasteiger charge is 2.26. The molecular weight excluding hydrogens is 432 g/mol. The predicted octanol–water partition coefficient (Wildman–Crippen LogP) is 3.89. The fourth-order valence-corrected chi connectivity index (χ4v) is 2.93. The van der Waals surface area contributed by atoms with Gasteiger partial charge >= 0.3 is 5.97 Å². The van der Waals surface area contributed by atoms with Crippen molar-refractivity contribution < 1.29 is 25.1 Å². The molecule has 1 atom stereocenters. The van der Waals surface area contributed by atoms with E-state index in [0.29, 0.717) is 10.7 Å². The number of halogens is 1. The van der Waals surface area contributed by atoms with Crippen molar-refractivity contribution in [3.8, 4) is 0 Å². The first-order chi connectivity index (χ1) is 14.5. The zero-order valence-electron chi connectivity index (χ0n) is 16.6. The number of carbonyl (C=O) groups excluding carboxylic acids is 1. The zero-order valence-corrected chi connectivity index (χ0v) is 17.3. The van der Waals surface area contributed by atoms with Crippen molar-refractivity contribution in [3.05, 3.63) is 57.4 Å². The molecule has 5 N–H and O–H groups in total. The maximum Gasteiger partial charge on any atom is 0.326 e. The lowest BCUT2D eigenvalue weighted by molar-refractivity contribution is -0.138. The van der Waals surface area contributed by atoms with Crippen LogP contribution in [-0.2, 0) is 4.79 Å². The Morgan fingerprint density at radius 3 is 2.23 bits per heavy atom. The Morgan fingerprint density at radius 1 is 1.13 bits per heavy atom. The van der Waals surface area contributed by atoms with E-state index in [-0.39, 0.29) is 23.6 Å². The van der Waals surface area contributed by atoms with Crippen LogP contribution in [0.15, 0.2) is 36.4 Å². The van der Waals surface area contributed by atoms with Crippen LogP contribution in [0.3, 0.4) is 0 Å². The summed E-state index contributed by atoms with van der Waals surface area (Å²) < 4.78 is 0. The number of hydrogen-bond donors (Lipinski definition) is 5. The summed E-state index contributed by atoms with van der Waals surface area (Å²) in [6.07, 6.45) is 0.140. The molecule has 0 spiro atoms. The zero-order chi connectivity index (χ0) is 23.3. The number of anilines is 4. The van der Waals surface area contributed by atoms with E-state index in [1.807, 2.05) is 0 Å². The van der Waals surface area contributed by atoms with Gasteiger partial charge in [0.05, 0.1) is 11.3 Å². The molecular formula is C19H21ClN4O7-2. The molecule has 12 heteroatoms. The Bertz CT molecular complexity index is 936. The van der Waals surface area contributed by atoms with E-state index in [1.165, 1.54) is 24.3 Å². The van der Waals surface area contributed by atoms with Gasteiger partial charge in [0.2, 0.25) is 0 Å². The summed E-state index contributed by atoms with van der Waals surface area (Å²) >= 11 is 5.82. The van der Waals surface area contributed by atoms with Gasteiger partial charge in [-0.1, -0.05) is 25.4 Å². The molecule has 0 fully saturated rings. The monoisotopic (exact) mass is 452 g/mol. The van der Waals surface area contributed by atoms with Crippen LogP contribution in [0.1, 0.15) is 30.6 Å². The SMILES string of the molecule is CC(C)CC(Nc1c(C(=O)Nc2ccc(Cl)cc2)cc(N([O-])[O-])cc1N(O)O)C(=O)O. The Morgan fingerprint density at radius 2 is 1.74 bits per heavy atom. The number of carboxylic acid groups (broad SMARTS) is 1. The normalized spacial score (nSPS) is 11.7. The summed E-state index contributed by atoms with van der Waals surface area (Å²) in [5, 5.41) is 55.6. The first-order valence-corrected chi connectivity index (χ1v) is 9.44. The van der Waals surface area contributed by atoms with Gasteiger partial charge in [-0.2, -0.15) is 0 Å². The smallest absolute Gasteiger partial charge is 0.326 e. The lowest BCUT2D eigenvalue weighted by Crippen LogP contribution is -2.33. The fraction of sp³-hybridized carbons (Fsp3) is 0.263. The van der Waals surface area contributed by atoms with Crippen molar-refractivity contribution in [1.82, 2.24) is 0 Å². The molecule has 0 aliphatic rings. The standard InChI is InChI=1S/C19H21ClN4O7/c1-10(2)7-15(19(26)27)22-17-14(8-13(23(28)29)9-16(17)24(30)31)18(25)21-12-5-3-11(20)4-6-12/h3-6,8-10,15,22,30-31H,7H2,1-2H3,(H,21,25)(H,26,27)/q-2. The maximum absolute atomic E-state index is 12.9. The number of hydrogen-bond acceptors (Lipinski definition) is 9. The van der Waals surface area contributed by atoms with Crippen LogP contribution in [0, 0.1) is 16.3 Å². The van der Waals surface area contributed by atoms with Crippen LogP contribution < -0.4 is 21.1 Å². The molecule has 0 heterocycles. The first kappa shape index (κ1) is 24.2. The van der Waals surface area contributed by atoms with Crippen LogP contribution in [0.4, 0.5) is 22.7 Å². The van der Waals surface area contributed by atoms with Gasteiger partial charge in [-0.05, 0) is 48.7 Å².